The lowest BCUT2D eigenvalue weighted by atomic mass is 10.1. The molecule has 0 aliphatic carbocycles. The molecular formula is C29H33N3O6S. The maximum Gasteiger partial charge on any atom is 0.243 e. The summed E-state index contributed by atoms with van der Waals surface area (Å²) in [6.07, 6.45) is 0. The molecule has 0 spiro atoms. The molecule has 2 aliphatic rings. The molecule has 39 heavy (non-hydrogen) atoms. The minimum absolute atomic E-state index is 0.101. The fourth-order valence-corrected chi connectivity index (χ4v) is 6.34. The van der Waals surface area contributed by atoms with Crippen molar-refractivity contribution in [3.8, 4) is 17.2 Å². The molecule has 2 heterocycles. The first kappa shape index (κ1) is 27.0. The van der Waals surface area contributed by atoms with E-state index < -0.39 is 10.0 Å². The molecule has 0 radical (unpaired) electrons. The second-order valence-electron chi connectivity index (χ2n) is 9.73. The molecule has 1 fully saturated rings. The van der Waals surface area contributed by atoms with Crippen LogP contribution >= 0.6 is 0 Å². The van der Waals surface area contributed by atoms with Crippen molar-refractivity contribution in [2.75, 3.05) is 46.6 Å². The van der Waals surface area contributed by atoms with Gasteiger partial charge in [-0.05, 0) is 53.9 Å². The fraction of sp³-hybridized carbons (Fsp3) is 0.345. The van der Waals surface area contributed by atoms with Crippen molar-refractivity contribution in [2.24, 2.45) is 0 Å². The molecular weight excluding hydrogens is 518 g/mol. The van der Waals surface area contributed by atoms with Gasteiger partial charge in [-0.25, -0.2) is 8.42 Å². The van der Waals surface area contributed by atoms with E-state index in [1.54, 1.807) is 31.1 Å². The number of ether oxygens (including phenoxy) is 3. The average molecular weight is 552 g/mol. The molecule has 5 rings (SSSR count). The largest absolute Gasteiger partial charge is 0.496 e. The summed E-state index contributed by atoms with van der Waals surface area (Å²) in [5.41, 5.74) is 2.64. The quantitative estimate of drug-likeness (QED) is 0.403. The Bertz CT molecular complexity index is 1420. The summed E-state index contributed by atoms with van der Waals surface area (Å²) in [6.45, 7) is 5.11. The third-order valence-corrected chi connectivity index (χ3v) is 8.87. The number of hydrogen-bond donors (Lipinski definition) is 0. The van der Waals surface area contributed by atoms with E-state index in [1.807, 2.05) is 48.5 Å². The van der Waals surface area contributed by atoms with Crippen molar-refractivity contribution in [2.45, 2.75) is 24.9 Å². The molecule has 3 aromatic rings. The number of piperazine rings is 1. The zero-order valence-electron chi connectivity index (χ0n) is 22.2. The van der Waals surface area contributed by atoms with E-state index in [1.165, 1.54) is 10.4 Å². The minimum atomic E-state index is -3.94. The van der Waals surface area contributed by atoms with Crippen LogP contribution in [0.25, 0.3) is 0 Å². The number of benzene rings is 3. The Kier molecular flexibility index (Phi) is 8.06. The number of amides is 1. The zero-order valence-corrected chi connectivity index (χ0v) is 23.0. The van der Waals surface area contributed by atoms with Gasteiger partial charge in [0.25, 0.3) is 0 Å². The van der Waals surface area contributed by atoms with Crippen LogP contribution in [0.2, 0.25) is 0 Å². The van der Waals surface area contributed by atoms with Crippen LogP contribution in [-0.4, -0.2) is 75.1 Å². The van der Waals surface area contributed by atoms with Gasteiger partial charge < -0.3 is 19.1 Å². The number of carbonyl (C=O) groups excluding carboxylic acids is 1. The average Bonchev–Trinajstić information content (AvgIpc) is 3.41. The van der Waals surface area contributed by atoms with Crippen molar-refractivity contribution in [3.63, 3.8) is 0 Å². The molecule has 10 heteroatoms. The maximum atomic E-state index is 13.7. The number of rotatable bonds is 9. The second kappa shape index (κ2) is 11.6. The van der Waals surface area contributed by atoms with E-state index in [4.69, 9.17) is 14.2 Å². The van der Waals surface area contributed by atoms with Crippen LogP contribution in [0.1, 0.15) is 16.7 Å². The van der Waals surface area contributed by atoms with Crippen LogP contribution < -0.4 is 14.2 Å². The molecule has 1 saturated heterocycles. The minimum Gasteiger partial charge on any atom is -0.496 e. The highest BCUT2D eigenvalue weighted by Crippen LogP contribution is 2.33. The van der Waals surface area contributed by atoms with Crippen molar-refractivity contribution in [3.05, 3.63) is 83.4 Å². The highest BCUT2D eigenvalue weighted by Gasteiger charge is 2.30. The maximum absolute atomic E-state index is 13.7. The lowest BCUT2D eigenvalue weighted by molar-refractivity contribution is -0.133. The van der Waals surface area contributed by atoms with E-state index in [0.29, 0.717) is 37.5 Å². The van der Waals surface area contributed by atoms with Gasteiger partial charge in [-0.2, -0.15) is 4.31 Å². The van der Waals surface area contributed by atoms with E-state index in [0.717, 1.165) is 29.2 Å². The fourth-order valence-electron chi connectivity index (χ4n) is 4.88. The van der Waals surface area contributed by atoms with Crippen molar-refractivity contribution in [1.29, 1.82) is 0 Å². The van der Waals surface area contributed by atoms with E-state index in [-0.39, 0.29) is 30.7 Å². The molecule has 0 atom stereocenters. The Morgan fingerprint density at radius 2 is 1.67 bits per heavy atom. The van der Waals surface area contributed by atoms with Gasteiger partial charge in [-0.15, -0.1) is 0 Å². The number of hydrogen-bond acceptors (Lipinski definition) is 7. The number of fused-ring (bicyclic) bond motifs is 1. The van der Waals surface area contributed by atoms with Crippen LogP contribution in [0.3, 0.4) is 0 Å². The van der Waals surface area contributed by atoms with Gasteiger partial charge in [0.15, 0.2) is 11.5 Å². The topological polar surface area (TPSA) is 88.6 Å². The van der Waals surface area contributed by atoms with Crippen LogP contribution in [0.15, 0.2) is 71.6 Å². The summed E-state index contributed by atoms with van der Waals surface area (Å²) in [7, 11) is -2.39. The van der Waals surface area contributed by atoms with Crippen molar-refractivity contribution < 1.29 is 27.4 Å². The predicted octanol–water partition coefficient (Wildman–Crippen LogP) is 3.27. The number of aryl methyl sites for hydroxylation is 1. The Hall–Kier alpha value is -3.60. The van der Waals surface area contributed by atoms with Crippen molar-refractivity contribution >= 4 is 15.9 Å². The SMILES string of the molecule is COc1ccc(S(=O)(=O)N(CC(=O)N2CCN(Cc3ccc4c(c3)OCO4)CC2)Cc2ccccc2)cc1C. The van der Waals surface area contributed by atoms with Gasteiger partial charge in [-0.1, -0.05) is 36.4 Å². The number of nitrogens with zero attached hydrogens (tertiary/aromatic N) is 3. The molecule has 9 nitrogen and oxygen atoms in total. The van der Waals surface area contributed by atoms with Gasteiger partial charge in [0, 0.05) is 39.3 Å². The Labute approximate surface area is 229 Å². The Morgan fingerprint density at radius 1 is 0.923 bits per heavy atom. The van der Waals surface area contributed by atoms with Crippen LogP contribution in [0.4, 0.5) is 0 Å². The molecule has 1 amide bonds. The standard InChI is InChI=1S/C29H33N3O6S/c1-22-16-25(9-11-26(22)36-2)39(34,35)32(19-23-6-4-3-5-7-23)20-29(33)31-14-12-30(13-15-31)18-24-8-10-27-28(17-24)38-21-37-27/h3-11,16-17H,12-15,18-21H2,1-2H3. The summed E-state index contributed by atoms with van der Waals surface area (Å²) < 4.78 is 44.9. The smallest absolute Gasteiger partial charge is 0.243 e. The first-order valence-electron chi connectivity index (χ1n) is 12.9. The summed E-state index contributed by atoms with van der Waals surface area (Å²) >= 11 is 0. The third kappa shape index (κ3) is 6.19. The Morgan fingerprint density at radius 3 is 2.38 bits per heavy atom. The summed E-state index contributed by atoms with van der Waals surface area (Å²) in [4.78, 5) is 17.6. The van der Waals surface area contributed by atoms with Crippen LogP contribution in [-0.2, 0) is 27.9 Å². The van der Waals surface area contributed by atoms with E-state index in [2.05, 4.69) is 4.90 Å². The Balaban J connectivity index is 1.26. The monoisotopic (exact) mass is 551 g/mol. The highest BCUT2D eigenvalue weighted by molar-refractivity contribution is 7.89. The van der Waals surface area contributed by atoms with Gasteiger partial charge in [0.05, 0.1) is 18.6 Å². The summed E-state index contributed by atoms with van der Waals surface area (Å²) in [5.74, 6) is 1.92. The predicted molar refractivity (Wildman–Crippen MR) is 146 cm³/mol. The third-order valence-electron chi connectivity index (χ3n) is 7.09. The van der Waals surface area contributed by atoms with Gasteiger partial charge in [0.2, 0.25) is 22.7 Å². The molecule has 0 unspecified atom stereocenters. The summed E-state index contributed by atoms with van der Waals surface area (Å²) in [6, 6.07) is 20.0. The lowest BCUT2D eigenvalue weighted by Gasteiger charge is -2.35. The molecule has 0 bridgehead atoms. The lowest BCUT2D eigenvalue weighted by Crippen LogP contribution is -2.51. The first-order valence-corrected chi connectivity index (χ1v) is 14.3. The van der Waals surface area contributed by atoms with Crippen molar-refractivity contribution in [1.82, 2.24) is 14.1 Å². The molecule has 3 aromatic carbocycles. The normalized spacial score (nSPS) is 15.5. The molecule has 0 saturated carbocycles. The summed E-state index contributed by atoms with van der Waals surface area (Å²) in [5, 5.41) is 0. The molecule has 0 aromatic heterocycles. The van der Waals surface area contributed by atoms with E-state index in [9.17, 15) is 13.2 Å². The molecule has 206 valence electrons. The second-order valence-corrected chi connectivity index (χ2v) is 11.7. The van der Waals surface area contributed by atoms with Crippen LogP contribution in [0.5, 0.6) is 17.2 Å². The van der Waals surface area contributed by atoms with Gasteiger partial charge in [0.1, 0.15) is 5.75 Å². The van der Waals surface area contributed by atoms with E-state index >= 15 is 0 Å². The highest BCUT2D eigenvalue weighted by atomic mass is 32.2. The van der Waals surface area contributed by atoms with Gasteiger partial charge >= 0.3 is 0 Å². The number of sulfonamides is 1. The number of methoxy groups -OCH3 is 1. The van der Waals surface area contributed by atoms with Crippen LogP contribution in [0, 0.1) is 6.92 Å². The first-order chi connectivity index (χ1) is 18.8. The molecule has 2 aliphatic heterocycles. The zero-order chi connectivity index (χ0) is 27.4. The number of carbonyl (C=O) groups is 1. The van der Waals surface area contributed by atoms with Gasteiger partial charge in [-0.3, -0.25) is 9.69 Å². The molecule has 0 N–H and O–H groups in total.